The first-order valence-corrected chi connectivity index (χ1v) is 7.33. The van der Waals surface area contributed by atoms with E-state index in [-0.39, 0.29) is 12.6 Å². The highest BCUT2D eigenvalue weighted by Gasteiger charge is 2.13. The highest BCUT2D eigenvalue weighted by Crippen LogP contribution is 2.27. The molecule has 0 aliphatic carbocycles. The molecule has 3 heteroatoms. The van der Waals surface area contributed by atoms with Gasteiger partial charge in [0.25, 0.3) is 0 Å². The number of aliphatic hydroxyl groups excluding tert-OH is 1. The Morgan fingerprint density at radius 3 is 2.33 bits per heavy atom. The maximum absolute atomic E-state index is 9.06. The molecule has 0 spiro atoms. The zero-order chi connectivity index (χ0) is 15.1. The van der Waals surface area contributed by atoms with Crippen LogP contribution in [0.15, 0.2) is 48.5 Å². The van der Waals surface area contributed by atoms with Crippen LogP contribution in [-0.4, -0.2) is 12.2 Å². The number of rotatable bonds is 7. The second-order valence-electron chi connectivity index (χ2n) is 5.06. The highest BCUT2D eigenvalue weighted by molar-refractivity contribution is 5.36. The fourth-order valence-corrected chi connectivity index (χ4v) is 2.43. The number of hydrogen-bond donors (Lipinski definition) is 2. The van der Waals surface area contributed by atoms with Crippen molar-refractivity contribution in [1.82, 2.24) is 5.32 Å². The van der Waals surface area contributed by atoms with E-state index in [0.717, 1.165) is 24.3 Å². The van der Waals surface area contributed by atoms with E-state index in [4.69, 9.17) is 9.84 Å². The molecule has 0 bridgehead atoms. The Morgan fingerprint density at radius 2 is 1.71 bits per heavy atom. The number of methoxy groups -OCH3 is 1. The van der Waals surface area contributed by atoms with Crippen molar-refractivity contribution in [3.63, 3.8) is 0 Å². The third kappa shape index (κ3) is 4.06. The summed E-state index contributed by atoms with van der Waals surface area (Å²) in [4.78, 5) is 0. The van der Waals surface area contributed by atoms with Crippen molar-refractivity contribution in [2.24, 2.45) is 0 Å². The quantitative estimate of drug-likeness (QED) is 0.819. The van der Waals surface area contributed by atoms with Gasteiger partial charge in [0.15, 0.2) is 0 Å². The summed E-state index contributed by atoms with van der Waals surface area (Å²) in [6.07, 6.45) is 0.995. The van der Waals surface area contributed by atoms with Gasteiger partial charge >= 0.3 is 0 Å². The lowest BCUT2D eigenvalue weighted by atomic mass is 10.0. The molecule has 0 amide bonds. The highest BCUT2D eigenvalue weighted by atomic mass is 16.5. The molecule has 0 radical (unpaired) electrons. The molecular weight excluding hydrogens is 262 g/mol. The van der Waals surface area contributed by atoms with Crippen molar-refractivity contribution in [3.8, 4) is 5.75 Å². The van der Waals surface area contributed by atoms with E-state index in [1.54, 1.807) is 7.11 Å². The van der Waals surface area contributed by atoms with Crippen molar-refractivity contribution >= 4 is 0 Å². The molecule has 21 heavy (non-hydrogen) atoms. The predicted molar refractivity (Wildman–Crippen MR) is 85.2 cm³/mol. The Balaban J connectivity index is 2.05. The molecule has 2 N–H and O–H groups in total. The molecule has 2 aromatic rings. The van der Waals surface area contributed by atoms with E-state index >= 15 is 0 Å². The molecule has 112 valence electrons. The van der Waals surface area contributed by atoms with Crippen LogP contribution in [0, 0.1) is 0 Å². The van der Waals surface area contributed by atoms with Gasteiger partial charge in [0.2, 0.25) is 0 Å². The fraction of sp³-hybridized carbons (Fsp3) is 0.333. The summed E-state index contributed by atoms with van der Waals surface area (Å²) in [6.45, 7) is 3.05. The first kappa shape index (κ1) is 15.5. The second-order valence-corrected chi connectivity index (χ2v) is 5.06. The summed E-state index contributed by atoms with van der Waals surface area (Å²) in [6, 6.07) is 16.4. The minimum Gasteiger partial charge on any atom is -0.496 e. The number of para-hydroxylation sites is 1. The van der Waals surface area contributed by atoms with Gasteiger partial charge in [0.1, 0.15) is 5.75 Å². The Hall–Kier alpha value is -1.84. The Morgan fingerprint density at radius 1 is 1.05 bits per heavy atom. The number of aliphatic hydroxyl groups is 1. The predicted octanol–water partition coefficient (Wildman–Crippen LogP) is 3.43. The lowest BCUT2D eigenvalue weighted by molar-refractivity contribution is 0.282. The van der Waals surface area contributed by atoms with Gasteiger partial charge < -0.3 is 15.2 Å². The average Bonchev–Trinajstić information content (AvgIpc) is 2.56. The number of hydrogen-bond acceptors (Lipinski definition) is 3. The summed E-state index contributed by atoms with van der Waals surface area (Å²) in [7, 11) is 1.71. The molecule has 2 rings (SSSR count). The van der Waals surface area contributed by atoms with Crippen LogP contribution in [0.2, 0.25) is 0 Å². The number of benzene rings is 2. The molecule has 0 saturated heterocycles. The standard InChI is InChI=1S/C18H23NO2/c1-3-17(16-6-4-5-7-18(16)21-2)19-12-14-8-10-15(13-20)11-9-14/h4-11,17,19-20H,3,12-13H2,1-2H3. The molecule has 0 aromatic heterocycles. The van der Waals surface area contributed by atoms with E-state index in [0.29, 0.717) is 0 Å². The minimum atomic E-state index is 0.0898. The molecule has 0 saturated carbocycles. The van der Waals surface area contributed by atoms with Gasteiger partial charge in [-0.25, -0.2) is 0 Å². The topological polar surface area (TPSA) is 41.5 Å². The minimum absolute atomic E-state index is 0.0898. The van der Waals surface area contributed by atoms with Crippen LogP contribution < -0.4 is 10.1 Å². The van der Waals surface area contributed by atoms with Crippen molar-refractivity contribution < 1.29 is 9.84 Å². The zero-order valence-electron chi connectivity index (χ0n) is 12.7. The molecule has 1 atom stereocenters. The van der Waals surface area contributed by atoms with Gasteiger partial charge in [-0.2, -0.15) is 0 Å². The summed E-state index contributed by atoms with van der Waals surface area (Å²) < 4.78 is 5.44. The monoisotopic (exact) mass is 285 g/mol. The van der Waals surface area contributed by atoms with Crippen molar-refractivity contribution in [3.05, 3.63) is 65.2 Å². The molecule has 3 nitrogen and oxygen atoms in total. The molecule has 1 unspecified atom stereocenters. The van der Waals surface area contributed by atoms with Crippen LogP contribution in [0.3, 0.4) is 0 Å². The molecule has 0 heterocycles. The SMILES string of the molecule is CCC(NCc1ccc(CO)cc1)c1ccccc1OC. The van der Waals surface area contributed by atoms with Gasteiger partial charge in [-0.05, 0) is 23.6 Å². The summed E-state index contributed by atoms with van der Waals surface area (Å²) >= 11 is 0. The third-order valence-electron chi connectivity index (χ3n) is 3.68. The summed E-state index contributed by atoms with van der Waals surface area (Å²) in [5.74, 6) is 0.924. The van der Waals surface area contributed by atoms with Gasteiger partial charge in [-0.3, -0.25) is 0 Å². The number of ether oxygens (including phenoxy) is 1. The molecule has 0 aliphatic heterocycles. The normalized spacial score (nSPS) is 12.1. The van der Waals surface area contributed by atoms with Crippen LogP contribution in [0.5, 0.6) is 5.75 Å². The second kappa shape index (κ2) is 7.81. The molecule has 0 aliphatic rings. The van der Waals surface area contributed by atoms with E-state index in [2.05, 4.69) is 18.3 Å². The maximum atomic E-state index is 9.06. The maximum Gasteiger partial charge on any atom is 0.123 e. The van der Waals surface area contributed by atoms with Gasteiger partial charge in [-0.1, -0.05) is 49.4 Å². The van der Waals surface area contributed by atoms with Crippen LogP contribution in [0.1, 0.15) is 36.1 Å². The van der Waals surface area contributed by atoms with E-state index < -0.39 is 0 Å². The van der Waals surface area contributed by atoms with Crippen LogP contribution >= 0.6 is 0 Å². The van der Waals surface area contributed by atoms with Crippen LogP contribution in [0.4, 0.5) is 0 Å². The first-order valence-electron chi connectivity index (χ1n) is 7.33. The first-order chi connectivity index (χ1) is 10.3. The van der Waals surface area contributed by atoms with Crippen LogP contribution in [0.25, 0.3) is 0 Å². The average molecular weight is 285 g/mol. The summed E-state index contributed by atoms with van der Waals surface area (Å²) in [5.41, 5.74) is 3.34. The lowest BCUT2D eigenvalue weighted by Crippen LogP contribution is -2.20. The van der Waals surface area contributed by atoms with Crippen molar-refractivity contribution in [2.45, 2.75) is 32.5 Å². The lowest BCUT2D eigenvalue weighted by Gasteiger charge is -2.20. The van der Waals surface area contributed by atoms with E-state index in [1.165, 1.54) is 11.1 Å². The van der Waals surface area contributed by atoms with Gasteiger partial charge in [0, 0.05) is 18.2 Å². The molecule has 0 fully saturated rings. The van der Waals surface area contributed by atoms with Gasteiger partial charge in [0.05, 0.1) is 13.7 Å². The molecular formula is C18H23NO2. The third-order valence-corrected chi connectivity index (χ3v) is 3.68. The van der Waals surface area contributed by atoms with E-state index in [1.807, 2.05) is 42.5 Å². The molecule has 2 aromatic carbocycles. The summed E-state index contributed by atoms with van der Waals surface area (Å²) in [5, 5.41) is 12.6. The smallest absolute Gasteiger partial charge is 0.123 e. The number of nitrogens with one attached hydrogen (secondary N) is 1. The zero-order valence-corrected chi connectivity index (χ0v) is 12.7. The Kier molecular flexibility index (Phi) is 5.78. The van der Waals surface area contributed by atoms with Crippen molar-refractivity contribution in [1.29, 1.82) is 0 Å². The Labute approximate surface area is 126 Å². The van der Waals surface area contributed by atoms with Crippen LogP contribution in [-0.2, 0) is 13.2 Å². The van der Waals surface area contributed by atoms with E-state index in [9.17, 15) is 0 Å². The fourth-order valence-electron chi connectivity index (χ4n) is 2.43. The Bertz CT molecular complexity index is 551. The van der Waals surface area contributed by atoms with Crippen molar-refractivity contribution in [2.75, 3.05) is 7.11 Å². The largest absolute Gasteiger partial charge is 0.496 e. The van der Waals surface area contributed by atoms with Gasteiger partial charge in [-0.15, -0.1) is 0 Å².